The number of non-ortho nitro benzene ring substituents is 1. The van der Waals surface area contributed by atoms with E-state index in [0.717, 1.165) is 12.1 Å². The smallest absolute Gasteiger partial charge is 0.269 e. The number of halogens is 2. The molecule has 0 fully saturated rings. The number of nitrogens with zero attached hydrogens (tertiary/aromatic N) is 2. The zero-order chi connectivity index (χ0) is 19.4. The predicted octanol–water partition coefficient (Wildman–Crippen LogP) is 2.20. The number of amides is 1. The summed E-state index contributed by atoms with van der Waals surface area (Å²) in [5.74, 6) is -1.76. The third-order valence-corrected chi connectivity index (χ3v) is 3.60. The van der Waals surface area contributed by atoms with E-state index >= 15 is 0 Å². The molecule has 0 unspecified atom stereocenters. The number of anilines is 1. The Balaban J connectivity index is 2.51. The minimum atomic E-state index is -0.976. The Morgan fingerprint density at radius 2 is 1.85 bits per heavy atom. The van der Waals surface area contributed by atoms with Gasteiger partial charge in [0, 0.05) is 29.6 Å². The van der Waals surface area contributed by atoms with Gasteiger partial charge in [0.25, 0.3) is 11.6 Å². The molecule has 0 aliphatic carbocycles. The first-order chi connectivity index (χ1) is 12.2. The maximum absolute atomic E-state index is 13.8. The maximum atomic E-state index is 13.8. The molecule has 1 amide bonds. The quantitative estimate of drug-likeness (QED) is 0.240. The zero-order valence-electron chi connectivity index (χ0n) is 13.1. The predicted molar refractivity (Wildman–Crippen MR) is 96.8 cm³/mol. The lowest BCUT2D eigenvalue weighted by molar-refractivity contribution is -0.384. The number of nitrogen functional groups attached to an aromatic ring is 1. The van der Waals surface area contributed by atoms with Crippen LogP contribution in [0.2, 0.25) is 5.02 Å². The Morgan fingerprint density at radius 1 is 1.23 bits per heavy atom. The number of nitro groups is 1. The second kappa shape index (κ2) is 7.62. The molecule has 0 aliphatic rings. The summed E-state index contributed by atoms with van der Waals surface area (Å²) in [6.45, 7) is 0. The van der Waals surface area contributed by atoms with E-state index in [1.165, 1.54) is 30.5 Å². The van der Waals surface area contributed by atoms with Crippen molar-refractivity contribution in [2.45, 2.75) is 0 Å². The number of rotatable bonds is 5. The molecule has 6 N–H and O–H groups in total. The highest BCUT2D eigenvalue weighted by Gasteiger charge is 2.16. The van der Waals surface area contributed by atoms with Crippen molar-refractivity contribution in [2.75, 3.05) is 5.73 Å². The summed E-state index contributed by atoms with van der Waals surface area (Å²) in [5, 5.41) is 10.5. The van der Waals surface area contributed by atoms with Crippen LogP contribution < -0.4 is 17.2 Å². The van der Waals surface area contributed by atoms with Gasteiger partial charge in [-0.25, -0.2) is 4.39 Å². The Hall–Kier alpha value is -3.46. The van der Waals surface area contributed by atoms with Gasteiger partial charge in [-0.1, -0.05) is 11.6 Å². The molecule has 2 aromatic carbocycles. The standard InChI is InChI=1S/C16H13ClFN5O3/c17-11-6-13(19)10(5-12(11)18)15(14(20)16(21)24)22-7-8-1-3-9(4-2-8)23(25)26/h1-7H,19-20H2,(H2,21,24)/b15-14+,22-7?. The Labute approximate surface area is 151 Å². The number of carbonyl (C=O) groups is 1. The molecule has 2 aromatic rings. The van der Waals surface area contributed by atoms with Crippen molar-refractivity contribution in [1.82, 2.24) is 0 Å². The minimum absolute atomic E-state index is 0.0290. The Bertz CT molecular complexity index is 942. The molecule has 0 heterocycles. The van der Waals surface area contributed by atoms with Crippen LogP contribution in [0.5, 0.6) is 0 Å². The van der Waals surface area contributed by atoms with Crippen LogP contribution in [0.25, 0.3) is 5.70 Å². The van der Waals surface area contributed by atoms with E-state index in [9.17, 15) is 19.3 Å². The van der Waals surface area contributed by atoms with Crippen LogP contribution in [-0.4, -0.2) is 17.0 Å². The van der Waals surface area contributed by atoms with Crippen LogP contribution in [0.1, 0.15) is 11.1 Å². The number of benzene rings is 2. The van der Waals surface area contributed by atoms with Crippen LogP contribution in [0.15, 0.2) is 47.1 Å². The molecule has 8 nitrogen and oxygen atoms in total. The number of nitro benzene ring substituents is 1. The first-order valence-electron chi connectivity index (χ1n) is 7.03. The fraction of sp³-hybridized carbons (Fsp3) is 0. The Kier molecular flexibility index (Phi) is 5.53. The summed E-state index contributed by atoms with van der Waals surface area (Å²) in [6.07, 6.45) is 1.28. The normalized spacial score (nSPS) is 12.1. The van der Waals surface area contributed by atoms with Gasteiger partial charge >= 0.3 is 0 Å². The van der Waals surface area contributed by atoms with E-state index in [2.05, 4.69) is 4.99 Å². The zero-order valence-corrected chi connectivity index (χ0v) is 13.9. The second-order valence-corrected chi connectivity index (χ2v) is 5.49. The highest BCUT2D eigenvalue weighted by molar-refractivity contribution is 6.31. The fourth-order valence-electron chi connectivity index (χ4n) is 1.99. The highest BCUT2D eigenvalue weighted by atomic mass is 35.5. The molecule has 0 aliphatic heterocycles. The minimum Gasteiger partial charge on any atom is -0.398 e. The maximum Gasteiger partial charge on any atom is 0.269 e. The molecule has 0 atom stereocenters. The molecule has 0 radical (unpaired) electrons. The molecule has 134 valence electrons. The SMILES string of the molecule is NC(=O)/C(N)=C(\N=Cc1ccc([N+](=O)[O-])cc1)c1cc(F)c(Cl)cc1N. The molecule has 0 saturated heterocycles. The van der Waals surface area contributed by atoms with Crippen molar-refractivity contribution in [2.24, 2.45) is 16.5 Å². The second-order valence-electron chi connectivity index (χ2n) is 5.09. The van der Waals surface area contributed by atoms with Gasteiger partial charge in [-0.2, -0.15) is 0 Å². The third kappa shape index (κ3) is 4.14. The number of hydrogen-bond donors (Lipinski definition) is 3. The summed E-state index contributed by atoms with van der Waals surface area (Å²) in [5.41, 5.74) is 16.5. The monoisotopic (exact) mass is 377 g/mol. The molecule has 0 bridgehead atoms. The molecule has 0 saturated carbocycles. The summed E-state index contributed by atoms with van der Waals surface area (Å²) >= 11 is 5.66. The van der Waals surface area contributed by atoms with Crippen molar-refractivity contribution in [3.63, 3.8) is 0 Å². The van der Waals surface area contributed by atoms with Gasteiger partial charge in [0.1, 0.15) is 17.2 Å². The molecule has 0 aromatic heterocycles. The average molecular weight is 378 g/mol. The van der Waals surface area contributed by atoms with Crippen molar-refractivity contribution in [1.29, 1.82) is 0 Å². The van der Waals surface area contributed by atoms with E-state index < -0.39 is 22.3 Å². The van der Waals surface area contributed by atoms with Crippen LogP contribution in [0, 0.1) is 15.9 Å². The fourth-order valence-corrected chi connectivity index (χ4v) is 2.16. The van der Waals surface area contributed by atoms with E-state index in [1.54, 1.807) is 0 Å². The van der Waals surface area contributed by atoms with Gasteiger partial charge in [-0.15, -0.1) is 0 Å². The lowest BCUT2D eigenvalue weighted by Gasteiger charge is -2.10. The molecular weight excluding hydrogens is 365 g/mol. The van der Waals surface area contributed by atoms with Gasteiger partial charge < -0.3 is 17.2 Å². The van der Waals surface area contributed by atoms with Gasteiger partial charge in [-0.3, -0.25) is 19.9 Å². The van der Waals surface area contributed by atoms with Crippen LogP contribution in [0.3, 0.4) is 0 Å². The van der Waals surface area contributed by atoms with Gasteiger partial charge in [0.2, 0.25) is 0 Å². The van der Waals surface area contributed by atoms with Gasteiger partial charge in [0.15, 0.2) is 0 Å². The first-order valence-corrected chi connectivity index (χ1v) is 7.41. The summed E-state index contributed by atoms with van der Waals surface area (Å²) in [4.78, 5) is 25.6. The van der Waals surface area contributed by atoms with E-state index in [0.29, 0.717) is 5.56 Å². The van der Waals surface area contributed by atoms with Crippen LogP contribution in [0.4, 0.5) is 15.8 Å². The average Bonchev–Trinajstić information content (AvgIpc) is 2.59. The molecule has 10 heteroatoms. The topological polar surface area (TPSA) is 151 Å². The largest absolute Gasteiger partial charge is 0.398 e. The van der Waals surface area contributed by atoms with Gasteiger partial charge in [0.05, 0.1) is 9.95 Å². The van der Waals surface area contributed by atoms with Crippen molar-refractivity contribution < 1.29 is 14.1 Å². The number of primary amides is 1. The van der Waals surface area contributed by atoms with Crippen LogP contribution >= 0.6 is 11.6 Å². The number of nitrogens with two attached hydrogens (primary N) is 3. The van der Waals surface area contributed by atoms with Crippen molar-refractivity contribution >= 4 is 40.8 Å². The first kappa shape index (κ1) is 18.9. The highest BCUT2D eigenvalue weighted by Crippen LogP contribution is 2.29. The molecule has 26 heavy (non-hydrogen) atoms. The lowest BCUT2D eigenvalue weighted by Crippen LogP contribution is -2.22. The molecule has 0 spiro atoms. The van der Waals surface area contributed by atoms with Crippen molar-refractivity contribution in [3.8, 4) is 0 Å². The number of aliphatic imine (C=N–C) groups is 1. The lowest BCUT2D eigenvalue weighted by atomic mass is 10.1. The van der Waals surface area contributed by atoms with E-state index in [-0.39, 0.29) is 27.7 Å². The number of hydrogen-bond acceptors (Lipinski definition) is 6. The molecule has 2 rings (SSSR count). The third-order valence-electron chi connectivity index (χ3n) is 3.31. The van der Waals surface area contributed by atoms with Gasteiger partial charge in [-0.05, 0) is 29.8 Å². The van der Waals surface area contributed by atoms with Crippen molar-refractivity contribution in [3.05, 3.63) is 74.2 Å². The Morgan fingerprint density at radius 3 is 2.38 bits per heavy atom. The molecular formula is C16H13ClFN5O3. The summed E-state index contributed by atoms with van der Waals surface area (Å²) < 4.78 is 13.8. The van der Waals surface area contributed by atoms with Crippen LogP contribution in [-0.2, 0) is 4.79 Å². The number of carbonyl (C=O) groups excluding carboxylic acids is 1. The van der Waals surface area contributed by atoms with E-state index in [1.807, 2.05) is 0 Å². The van der Waals surface area contributed by atoms with E-state index in [4.69, 9.17) is 28.8 Å². The summed E-state index contributed by atoms with van der Waals surface area (Å²) in [7, 11) is 0. The summed E-state index contributed by atoms with van der Waals surface area (Å²) in [6, 6.07) is 7.56.